The van der Waals surface area contributed by atoms with E-state index in [1.165, 1.54) is 11.0 Å². The van der Waals surface area contributed by atoms with E-state index in [1.807, 2.05) is 24.3 Å². The lowest BCUT2D eigenvalue weighted by Crippen LogP contribution is -2.38. The van der Waals surface area contributed by atoms with Gasteiger partial charge < -0.3 is 14.2 Å². The molecular formula is C24H25F3N4O2. The number of aromatic nitrogens is 2. The molecule has 0 unspecified atom stereocenters. The molecular weight excluding hydrogens is 433 g/mol. The summed E-state index contributed by atoms with van der Waals surface area (Å²) in [5, 5.41) is 0. The number of carbonyl (C=O) groups is 1. The third-order valence-electron chi connectivity index (χ3n) is 6.40. The fraction of sp³-hybridized carbons (Fsp3) is 0.417. The predicted octanol–water partition coefficient (Wildman–Crippen LogP) is 3.91. The summed E-state index contributed by atoms with van der Waals surface area (Å²) < 4.78 is 47.1. The number of nitrogens with zero attached hydrogens (tertiary/aromatic N) is 4. The normalized spacial score (nSPS) is 20.2. The highest BCUT2D eigenvalue weighted by atomic mass is 19.4. The molecule has 9 heteroatoms. The van der Waals surface area contributed by atoms with Crippen LogP contribution in [0.25, 0.3) is 11.0 Å². The van der Waals surface area contributed by atoms with Gasteiger partial charge in [0, 0.05) is 50.7 Å². The molecule has 5 rings (SSSR count). The summed E-state index contributed by atoms with van der Waals surface area (Å²) in [5.74, 6) is 0.433. The van der Waals surface area contributed by atoms with Crippen LogP contribution in [-0.4, -0.2) is 59.8 Å². The SMILES string of the molecule is O=C1C[C@@H](c2nc3ccccc3n2CCN2CCOCC2)CN1c1cccc(C(F)(F)F)c1. The van der Waals surface area contributed by atoms with Gasteiger partial charge in [0.15, 0.2) is 0 Å². The number of morpholine rings is 1. The average molecular weight is 458 g/mol. The highest BCUT2D eigenvalue weighted by Crippen LogP contribution is 2.36. The first kappa shape index (κ1) is 21.9. The highest BCUT2D eigenvalue weighted by Gasteiger charge is 2.36. The Morgan fingerprint density at radius 3 is 2.61 bits per heavy atom. The summed E-state index contributed by atoms with van der Waals surface area (Å²) in [5.41, 5.74) is 1.38. The number of para-hydroxylation sites is 2. The number of amides is 1. The van der Waals surface area contributed by atoms with E-state index in [1.54, 1.807) is 6.07 Å². The summed E-state index contributed by atoms with van der Waals surface area (Å²) in [7, 11) is 0. The number of halogens is 3. The van der Waals surface area contributed by atoms with Gasteiger partial charge in [-0.2, -0.15) is 13.2 Å². The van der Waals surface area contributed by atoms with Gasteiger partial charge in [-0.25, -0.2) is 4.98 Å². The van der Waals surface area contributed by atoms with Crippen LogP contribution in [0.2, 0.25) is 0 Å². The van der Waals surface area contributed by atoms with Crippen molar-refractivity contribution < 1.29 is 22.7 Å². The van der Waals surface area contributed by atoms with Crippen molar-refractivity contribution in [1.82, 2.24) is 14.5 Å². The number of benzene rings is 2. The van der Waals surface area contributed by atoms with Crippen molar-refractivity contribution in [1.29, 1.82) is 0 Å². The molecule has 1 atom stereocenters. The van der Waals surface area contributed by atoms with Crippen molar-refractivity contribution in [3.8, 4) is 0 Å². The van der Waals surface area contributed by atoms with E-state index in [2.05, 4.69) is 9.47 Å². The van der Waals surface area contributed by atoms with Gasteiger partial charge in [-0.3, -0.25) is 9.69 Å². The Kier molecular flexibility index (Phi) is 5.84. The first-order valence-corrected chi connectivity index (χ1v) is 11.1. The maximum Gasteiger partial charge on any atom is 0.416 e. The van der Waals surface area contributed by atoms with Gasteiger partial charge in [0.25, 0.3) is 0 Å². The topological polar surface area (TPSA) is 50.6 Å². The molecule has 0 aliphatic carbocycles. The number of hydrogen-bond donors (Lipinski definition) is 0. The van der Waals surface area contributed by atoms with Crippen LogP contribution in [0, 0.1) is 0 Å². The molecule has 0 N–H and O–H groups in total. The van der Waals surface area contributed by atoms with Crippen molar-refractivity contribution in [3.05, 3.63) is 59.9 Å². The van der Waals surface area contributed by atoms with Crippen LogP contribution in [0.3, 0.4) is 0 Å². The van der Waals surface area contributed by atoms with Gasteiger partial charge in [-0.1, -0.05) is 18.2 Å². The lowest BCUT2D eigenvalue weighted by molar-refractivity contribution is -0.137. The predicted molar refractivity (Wildman–Crippen MR) is 118 cm³/mol. The quantitative estimate of drug-likeness (QED) is 0.582. The van der Waals surface area contributed by atoms with Crippen LogP contribution < -0.4 is 4.90 Å². The van der Waals surface area contributed by atoms with Crippen LogP contribution in [-0.2, 0) is 22.3 Å². The molecule has 33 heavy (non-hydrogen) atoms. The van der Waals surface area contributed by atoms with Gasteiger partial charge in [-0.05, 0) is 30.3 Å². The molecule has 2 fully saturated rings. The zero-order chi connectivity index (χ0) is 23.0. The summed E-state index contributed by atoms with van der Waals surface area (Å²) in [6, 6.07) is 12.8. The fourth-order valence-corrected chi connectivity index (χ4v) is 4.69. The van der Waals surface area contributed by atoms with E-state index >= 15 is 0 Å². The lowest BCUT2D eigenvalue weighted by atomic mass is 10.1. The van der Waals surface area contributed by atoms with Gasteiger partial charge in [0.1, 0.15) is 5.82 Å². The summed E-state index contributed by atoms with van der Waals surface area (Å²) in [6.45, 7) is 5.08. The molecule has 2 saturated heterocycles. The van der Waals surface area contributed by atoms with Crippen molar-refractivity contribution >= 4 is 22.6 Å². The number of hydrogen-bond acceptors (Lipinski definition) is 4. The van der Waals surface area contributed by atoms with E-state index in [9.17, 15) is 18.0 Å². The Morgan fingerprint density at radius 1 is 1.03 bits per heavy atom. The maximum atomic E-state index is 13.2. The Morgan fingerprint density at radius 2 is 1.82 bits per heavy atom. The molecule has 0 radical (unpaired) electrons. The minimum absolute atomic E-state index is 0.189. The molecule has 0 bridgehead atoms. The number of imidazole rings is 1. The second-order valence-corrected chi connectivity index (χ2v) is 8.52. The van der Waals surface area contributed by atoms with E-state index in [-0.39, 0.29) is 23.9 Å². The Balaban J connectivity index is 1.42. The smallest absolute Gasteiger partial charge is 0.379 e. The zero-order valence-corrected chi connectivity index (χ0v) is 18.1. The lowest BCUT2D eigenvalue weighted by Gasteiger charge is -2.27. The van der Waals surface area contributed by atoms with Crippen LogP contribution in [0.5, 0.6) is 0 Å². The van der Waals surface area contributed by atoms with Crippen molar-refractivity contribution in [2.45, 2.75) is 25.1 Å². The first-order chi connectivity index (χ1) is 15.9. The van der Waals surface area contributed by atoms with E-state index in [0.717, 1.165) is 68.4 Å². The van der Waals surface area contributed by atoms with E-state index in [0.29, 0.717) is 6.54 Å². The second-order valence-electron chi connectivity index (χ2n) is 8.52. The summed E-state index contributed by atoms with van der Waals surface area (Å²) >= 11 is 0. The second kappa shape index (κ2) is 8.79. The minimum Gasteiger partial charge on any atom is -0.379 e. The van der Waals surface area contributed by atoms with Gasteiger partial charge >= 0.3 is 6.18 Å². The van der Waals surface area contributed by atoms with Crippen LogP contribution in [0.4, 0.5) is 18.9 Å². The summed E-state index contributed by atoms with van der Waals surface area (Å²) in [4.78, 5) is 21.5. The third kappa shape index (κ3) is 4.47. The van der Waals surface area contributed by atoms with Crippen LogP contribution in [0.1, 0.15) is 23.7 Å². The number of alkyl halides is 3. The number of fused-ring (bicyclic) bond motifs is 1. The van der Waals surface area contributed by atoms with Gasteiger partial charge in [0.05, 0.1) is 29.8 Å². The highest BCUT2D eigenvalue weighted by molar-refractivity contribution is 5.96. The molecule has 2 aliphatic rings. The number of carbonyl (C=O) groups excluding carboxylic acids is 1. The first-order valence-electron chi connectivity index (χ1n) is 11.1. The zero-order valence-electron chi connectivity index (χ0n) is 18.1. The molecule has 174 valence electrons. The van der Waals surface area contributed by atoms with Crippen LogP contribution in [0.15, 0.2) is 48.5 Å². The fourth-order valence-electron chi connectivity index (χ4n) is 4.69. The van der Waals surface area contributed by atoms with E-state index < -0.39 is 11.7 Å². The van der Waals surface area contributed by atoms with Crippen molar-refractivity contribution in [2.24, 2.45) is 0 Å². The minimum atomic E-state index is -4.45. The van der Waals surface area contributed by atoms with Crippen LogP contribution >= 0.6 is 0 Å². The standard InChI is InChI=1S/C24H25F3N4O2/c25-24(26,27)18-4-3-5-19(15-18)31-16-17(14-22(31)32)23-28-20-6-1-2-7-21(20)30(23)9-8-29-10-12-33-13-11-29/h1-7,15,17H,8-14,16H2/t17-/m1/s1. The molecule has 0 saturated carbocycles. The molecule has 2 aliphatic heterocycles. The summed E-state index contributed by atoms with van der Waals surface area (Å²) in [6.07, 6.45) is -4.23. The molecule has 3 heterocycles. The van der Waals surface area contributed by atoms with E-state index in [4.69, 9.17) is 9.72 Å². The largest absolute Gasteiger partial charge is 0.416 e. The average Bonchev–Trinajstić information content (AvgIpc) is 3.38. The molecule has 1 amide bonds. The van der Waals surface area contributed by atoms with Gasteiger partial charge in [-0.15, -0.1) is 0 Å². The van der Waals surface area contributed by atoms with Gasteiger partial charge in [0.2, 0.25) is 5.91 Å². The Hall–Kier alpha value is -2.91. The molecule has 1 aromatic heterocycles. The molecule has 0 spiro atoms. The van der Waals surface area contributed by atoms with Crippen molar-refractivity contribution in [3.63, 3.8) is 0 Å². The molecule has 3 aromatic rings. The molecule has 6 nitrogen and oxygen atoms in total. The van der Waals surface area contributed by atoms with Crippen molar-refractivity contribution in [2.75, 3.05) is 44.3 Å². The Labute approximate surface area is 189 Å². The Bertz CT molecular complexity index is 1150. The number of ether oxygens (including phenoxy) is 1. The number of rotatable bonds is 5. The molecule has 2 aromatic carbocycles. The third-order valence-corrected chi connectivity index (χ3v) is 6.40. The number of anilines is 1. The maximum absolute atomic E-state index is 13.2. The monoisotopic (exact) mass is 458 g/mol.